The average molecular weight is 360 g/mol. The van der Waals surface area contributed by atoms with E-state index in [2.05, 4.69) is 22.0 Å². The molecule has 2 aromatic carbocycles. The number of nitrogens with two attached hydrogens (primary N) is 1. The van der Waals surface area contributed by atoms with Gasteiger partial charge in [-0.05, 0) is 25.9 Å². The number of hydrogen-bond donors (Lipinski definition) is 1. The predicted molar refractivity (Wildman–Crippen MR) is 107 cm³/mol. The number of imidazole rings is 1. The zero-order valence-corrected chi connectivity index (χ0v) is 15.3. The molecular weight excluding hydrogens is 336 g/mol. The number of nitrogens with zero attached hydrogens (tertiary/aromatic N) is 3. The number of carbonyl (C=O) groups excluding carboxylic acids is 1. The number of piperidine rings is 1. The van der Waals surface area contributed by atoms with E-state index in [1.54, 1.807) is 0 Å². The van der Waals surface area contributed by atoms with Gasteiger partial charge in [-0.3, -0.25) is 9.69 Å². The molecule has 0 radical (unpaired) electrons. The van der Waals surface area contributed by atoms with E-state index in [1.807, 2.05) is 53.1 Å². The molecule has 2 N–H and O–H groups in total. The zero-order chi connectivity index (χ0) is 18.6. The first-order valence-electron chi connectivity index (χ1n) is 9.47. The van der Waals surface area contributed by atoms with E-state index in [-0.39, 0.29) is 0 Å². The Bertz CT molecular complexity index is 912. The maximum Gasteiger partial charge on any atom is 0.284 e. The second-order valence-electron chi connectivity index (χ2n) is 6.98. The molecule has 2 heterocycles. The van der Waals surface area contributed by atoms with Gasteiger partial charge in [0, 0.05) is 11.1 Å². The van der Waals surface area contributed by atoms with E-state index in [1.165, 1.54) is 19.3 Å². The summed E-state index contributed by atoms with van der Waals surface area (Å²) in [4.78, 5) is 19.3. The molecule has 5 heteroatoms. The Morgan fingerprint density at radius 3 is 2.07 bits per heavy atom. The summed E-state index contributed by atoms with van der Waals surface area (Å²) in [7, 11) is 0. The van der Waals surface area contributed by atoms with Crippen molar-refractivity contribution in [2.45, 2.75) is 25.9 Å². The van der Waals surface area contributed by atoms with Crippen LogP contribution in [-0.4, -0.2) is 33.4 Å². The molecule has 1 aromatic heterocycles. The van der Waals surface area contributed by atoms with Crippen molar-refractivity contribution in [3.63, 3.8) is 0 Å². The molecule has 1 saturated heterocycles. The third-order valence-electron chi connectivity index (χ3n) is 5.07. The van der Waals surface area contributed by atoms with Gasteiger partial charge in [0.2, 0.25) is 5.82 Å². The standard InChI is InChI=1S/C22H24N4O/c23-21(27)22-24-19(17-10-4-1-5-11-17)20(18-12-6-2-7-13-18)26(22)16-25-14-8-3-9-15-25/h1-2,4-7,10-13H,3,8-9,14-16H2,(H2,23,27). The lowest BCUT2D eigenvalue weighted by Gasteiger charge is -2.28. The highest BCUT2D eigenvalue weighted by molar-refractivity contribution is 5.93. The first kappa shape index (κ1) is 17.5. The largest absolute Gasteiger partial charge is 0.363 e. The maximum absolute atomic E-state index is 12.2. The number of hydrogen-bond acceptors (Lipinski definition) is 3. The molecule has 1 aliphatic heterocycles. The Morgan fingerprint density at radius 2 is 1.48 bits per heavy atom. The summed E-state index contributed by atoms with van der Waals surface area (Å²) in [6.07, 6.45) is 3.64. The molecule has 0 spiro atoms. The van der Waals surface area contributed by atoms with Crippen molar-refractivity contribution in [1.29, 1.82) is 0 Å². The summed E-state index contributed by atoms with van der Waals surface area (Å²) in [6.45, 7) is 2.69. The van der Waals surface area contributed by atoms with Crippen LogP contribution in [0, 0.1) is 0 Å². The van der Waals surface area contributed by atoms with Crippen molar-refractivity contribution in [1.82, 2.24) is 14.5 Å². The van der Waals surface area contributed by atoms with Crippen LogP contribution in [0.25, 0.3) is 22.5 Å². The van der Waals surface area contributed by atoms with Crippen molar-refractivity contribution in [2.75, 3.05) is 13.1 Å². The normalized spacial score (nSPS) is 15.0. The van der Waals surface area contributed by atoms with Gasteiger partial charge in [0.1, 0.15) is 0 Å². The lowest BCUT2D eigenvalue weighted by atomic mass is 10.0. The van der Waals surface area contributed by atoms with Gasteiger partial charge in [-0.2, -0.15) is 0 Å². The number of primary amides is 1. The van der Waals surface area contributed by atoms with Crippen LogP contribution in [0.5, 0.6) is 0 Å². The highest BCUT2D eigenvalue weighted by Gasteiger charge is 2.24. The summed E-state index contributed by atoms with van der Waals surface area (Å²) >= 11 is 0. The highest BCUT2D eigenvalue weighted by atomic mass is 16.1. The quantitative estimate of drug-likeness (QED) is 0.753. The van der Waals surface area contributed by atoms with Crippen LogP contribution in [0.2, 0.25) is 0 Å². The third-order valence-corrected chi connectivity index (χ3v) is 5.07. The summed E-state index contributed by atoms with van der Waals surface area (Å²) in [5.41, 5.74) is 9.48. The second-order valence-corrected chi connectivity index (χ2v) is 6.98. The molecule has 0 atom stereocenters. The second kappa shape index (κ2) is 7.76. The molecule has 0 aliphatic carbocycles. The molecule has 0 saturated carbocycles. The predicted octanol–water partition coefficient (Wildman–Crippen LogP) is 3.76. The number of rotatable bonds is 5. The van der Waals surface area contributed by atoms with Gasteiger partial charge in [0.05, 0.1) is 18.1 Å². The van der Waals surface area contributed by atoms with Gasteiger partial charge in [-0.1, -0.05) is 67.1 Å². The Labute approximate surface area is 159 Å². The van der Waals surface area contributed by atoms with Gasteiger partial charge in [-0.15, -0.1) is 0 Å². The first-order chi connectivity index (χ1) is 13.2. The van der Waals surface area contributed by atoms with Crippen LogP contribution in [0.15, 0.2) is 60.7 Å². The van der Waals surface area contributed by atoms with Crippen molar-refractivity contribution < 1.29 is 4.79 Å². The Balaban J connectivity index is 1.89. The van der Waals surface area contributed by atoms with Gasteiger partial charge >= 0.3 is 0 Å². The molecule has 4 rings (SSSR count). The van der Waals surface area contributed by atoms with Crippen LogP contribution in [0.1, 0.15) is 29.9 Å². The molecule has 27 heavy (non-hydrogen) atoms. The van der Waals surface area contributed by atoms with E-state index in [0.717, 1.165) is 35.6 Å². The summed E-state index contributed by atoms with van der Waals surface area (Å²) < 4.78 is 1.99. The van der Waals surface area contributed by atoms with Gasteiger partial charge < -0.3 is 10.3 Å². The minimum absolute atomic E-state index is 0.318. The van der Waals surface area contributed by atoms with Crippen molar-refractivity contribution in [3.8, 4) is 22.5 Å². The van der Waals surface area contributed by atoms with Gasteiger partial charge in [0.15, 0.2) is 0 Å². The molecule has 3 aromatic rings. The van der Waals surface area contributed by atoms with Crippen LogP contribution >= 0.6 is 0 Å². The number of likely N-dealkylation sites (tertiary alicyclic amines) is 1. The molecular formula is C22H24N4O. The van der Waals surface area contributed by atoms with Gasteiger partial charge in [0.25, 0.3) is 5.91 Å². The molecule has 1 aliphatic rings. The Kier molecular flexibility index (Phi) is 5.03. The smallest absolute Gasteiger partial charge is 0.284 e. The topological polar surface area (TPSA) is 64.2 Å². The maximum atomic E-state index is 12.2. The van der Waals surface area contributed by atoms with Gasteiger partial charge in [-0.25, -0.2) is 4.98 Å². The molecule has 1 fully saturated rings. The summed E-state index contributed by atoms with van der Waals surface area (Å²) in [5.74, 6) is -0.176. The number of carbonyl (C=O) groups is 1. The molecule has 0 unspecified atom stereocenters. The first-order valence-corrected chi connectivity index (χ1v) is 9.47. The fraction of sp³-hybridized carbons (Fsp3) is 0.273. The number of aromatic nitrogens is 2. The summed E-state index contributed by atoms with van der Waals surface area (Å²) in [6, 6.07) is 20.1. The van der Waals surface area contributed by atoms with Crippen molar-refractivity contribution in [3.05, 3.63) is 66.5 Å². The van der Waals surface area contributed by atoms with Crippen molar-refractivity contribution in [2.24, 2.45) is 5.73 Å². The average Bonchev–Trinajstić information content (AvgIpc) is 3.09. The zero-order valence-electron chi connectivity index (χ0n) is 15.3. The lowest BCUT2D eigenvalue weighted by Crippen LogP contribution is -2.33. The van der Waals surface area contributed by atoms with Crippen LogP contribution in [-0.2, 0) is 6.67 Å². The van der Waals surface area contributed by atoms with Crippen LogP contribution in [0.4, 0.5) is 0 Å². The highest BCUT2D eigenvalue weighted by Crippen LogP contribution is 2.33. The Hall–Kier alpha value is -2.92. The fourth-order valence-corrected chi connectivity index (χ4v) is 3.77. The lowest BCUT2D eigenvalue weighted by molar-refractivity contribution is 0.0977. The van der Waals surface area contributed by atoms with Crippen LogP contribution in [0.3, 0.4) is 0 Å². The minimum Gasteiger partial charge on any atom is -0.363 e. The molecule has 0 bridgehead atoms. The molecule has 138 valence electrons. The van der Waals surface area contributed by atoms with Crippen LogP contribution < -0.4 is 5.73 Å². The van der Waals surface area contributed by atoms with E-state index in [9.17, 15) is 4.79 Å². The minimum atomic E-state index is -0.494. The fourth-order valence-electron chi connectivity index (χ4n) is 3.77. The van der Waals surface area contributed by atoms with Crippen molar-refractivity contribution >= 4 is 5.91 Å². The van der Waals surface area contributed by atoms with E-state index in [4.69, 9.17) is 5.73 Å². The third kappa shape index (κ3) is 3.64. The van der Waals surface area contributed by atoms with E-state index < -0.39 is 5.91 Å². The number of benzene rings is 2. The SMILES string of the molecule is NC(=O)c1nc(-c2ccccc2)c(-c2ccccc2)n1CN1CCCCC1. The molecule has 1 amide bonds. The monoisotopic (exact) mass is 360 g/mol. The summed E-state index contributed by atoms with van der Waals surface area (Å²) in [5, 5.41) is 0. The number of amides is 1. The Morgan fingerprint density at radius 1 is 0.889 bits per heavy atom. The molecule has 5 nitrogen and oxygen atoms in total. The van der Waals surface area contributed by atoms with E-state index >= 15 is 0 Å². The van der Waals surface area contributed by atoms with E-state index in [0.29, 0.717) is 12.5 Å².